The van der Waals surface area contributed by atoms with Gasteiger partial charge in [0.15, 0.2) is 0 Å². The van der Waals surface area contributed by atoms with E-state index in [1.54, 1.807) is 0 Å². The highest BCUT2D eigenvalue weighted by atomic mass is 35.5. The highest BCUT2D eigenvalue weighted by molar-refractivity contribution is 6.31. The fourth-order valence-corrected chi connectivity index (χ4v) is 4.03. The van der Waals surface area contributed by atoms with Crippen LogP contribution in [0, 0.1) is 5.92 Å². The van der Waals surface area contributed by atoms with E-state index in [1.165, 1.54) is 12.8 Å². The maximum Gasteiger partial charge on any atom is 0.223 e. The van der Waals surface area contributed by atoms with Crippen LogP contribution < -0.4 is 10.2 Å². The van der Waals surface area contributed by atoms with E-state index in [4.69, 9.17) is 11.6 Å². The zero-order chi connectivity index (χ0) is 16.5. The van der Waals surface area contributed by atoms with Crippen molar-refractivity contribution >= 4 is 34.5 Å². The smallest absolute Gasteiger partial charge is 0.223 e. The molecule has 2 aromatic rings. The van der Waals surface area contributed by atoms with Crippen molar-refractivity contribution < 1.29 is 4.79 Å². The maximum absolute atomic E-state index is 12.4. The number of H-pyrrole nitrogens is 1. The summed E-state index contributed by atoms with van der Waals surface area (Å²) in [6.07, 6.45) is 6.56. The third kappa shape index (κ3) is 3.22. The van der Waals surface area contributed by atoms with Crippen molar-refractivity contribution in [3.05, 3.63) is 23.2 Å². The van der Waals surface area contributed by atoms with E-state index in [-0.39, 0.29) is 11.8 Å². The quantitative estimate of drug-likeness (QED) is 0.894. The Morgan fingerprint density at radius 2 is 1.96 bits per heavy atom. The predicted molar refractivity (Wildman–Crippen MR) is 96.4 cm³/mol. The summed E-state index contributed by atoms with van der Waals surface area (Å²) in [5.74, 6) is 1.26. The Morgan fingerprint density at radius 1 is 1.21 bits per heavy atom. The molecule has 4 rings (SSSR count). The number of imidazole rings is 1. The number of aromatic amines is 1. The number of anilines is 1. The van der Waals surface area contributed by atoms with Crippen LogP contribution in [0.25, 0.3) is 11.0 Å². The van der Waals surface area contributed by atoms with E-state index in [1.807, 2.05) is 18.2 Å². The molecule has 1 aromatic carbocycles. The average molecular weight is 347 g/mol. The molecule has 0 bridgehead atoms. The highest BCUT2D eigenvalue weighted by Crippen LogP contribution is 2.26. The molecule has 2 N–H and O–H groups in total. The summed E-state index contributed by atoms with van der Waals surface area (Å²) >= 11 is 6.03. The van der Waals surface area contributed by atoms with Crippen molar-refractivity contribution in [3.8, 4) is 0 Å². The molecular weight excluding hydrogens is 324 g/mol. The Balaban J connectivity index is 1.37. The Bertz CT molecular complexity index is 730. The summed E-state index contributed by atoms with van der Waals surface area (Å²) in [5, 5.41) is 3.94. The van der Waals surface area contributed by atoms with E-state index < -0.39 is 0 Å². The largest absolute Gasteiger partial charge is 0.353 e. The van der Waals surface area contributed by atoms with Gasteiger partial charge < -0.3 is 15.2 Å². The van der Waals surface area contributed by atoms with Crippen LogP contribution >= 0.6 is 11.6 Å². The molecule has 128 valence electrons. The number of rotatable bonds is 3. The van der Waals surface area contributed by atoms with Gasteiger partial charge in [0.05, 0.1) is 11.0 Å². The van der Waals surface area contributed by atoms with Crippen LogP contribution in [0.5, 0.6) is 0 Å². The van der Waals surface area contributed by atoms with Gasteiger partial charge in [0.1, 0.15) is 0 Å². The number of fused-ring (bicyclic) bond motifs is 1. The molecule has 2 aliphatic rings. The van der Waals surface area contributed by atoms with Crippen LogP contribution in [-0.4, -0.2) is 35.0 Å². The molecule has 1 saturated carbocycles. The summed E-state index contributed by atoms with van der Waals surface area (Å²) < 4.78 is 0. The van der Waals surface area contributed by atoms with Crippen molar-refractivity contribution in [3.63, 3.8) is 0 Å². The first-order valence-electron chi connectivity index (χ1n) is 8.89. The lowest BCUT2D eigenvalue weighted by Crippen LogP contribution is -2.43. The first-order chi connectivity index (χ1) is 11.7. The van der Waals surface area contributed by atoms with Crippen LogP contribution in [0.3, 0.4) is 0 Å². The van der Waals surface area contributed by atoms with Crippen LogP contribution in [0.15, 0.2) is 18.2 Å². The molecular formula is C18H23ClN4O. The van der Waals surface area contributed by atoms with Crippen LogP contribution in [0.1, 0.15) is 38.5 Å². The van der Waals surface area contributed by atoms with Gasteiger partial charge in [0.2, 0.25) is 11.9 Å². The summed E-state index contributed by atoms with van der Waals surface area (Å²) in [6.45, 7) is 1.71. The number of piperidine rings is 1. The normalized spacial score (nSPS) is 20.0. The van der Waals surface area contributed by atoms with Gasteiger partial charge in [-0.05, 0) is 43.9 Å². The lowest BCUT2D eigenvalue weighted by atomic mass is 9.95. The Labute approximate surface area is 146 Å². The number of aromatic nitrogens is 2. The van der Waals surface area contributed by atoms with Crippen molar-refractivity contribution in [1.29, 1.82) is 0 Å². The Morgan fingerprint density at radius 3 is 2.71 bits per heavy atom. The zero-order valence-electron chi connectivity index (χ0n) is 13.7. The molecule has 1 saturated heterocycles. The molecule has 6 heteroatoms. The number of nitrogens with zero attached hydrogens (tertiary/aromatic N) is 2. The molecule has 1 aromatic heterocycles. The molecule has 1 amide bonds. The second-order valence-corrected chi connectivity index (χ2v) is 7.41. The molecule has 2 fully saturated rings. The van der Waals surface area contributed by atoms with Crippen molar-refractivity contribution in [2.45, 2.75) is 44.6 Å². The lowest BCUT2D eigenvalue weighted by molar-refractivity contribution is -0.126. The summed E-state index contributed by atoms with van der Waals surface area (Å²) in [5.41, 5.74) is 1.88. The molecule has 24 heavy (non-hydrogen) atoms. The number of hydrogen-bond acceptors (Lipinski definition) is 3. The fourth-order valence-electron chi connectivity index (χ4n) is 3.86. The molecule has 0 unspecified atom stereocenters. The van der Waals surface area contributed by atoms with Crippen LogP contribution in [-0.2, 0) is 4.79 Å². The monoisotopic (exact) mass is 346 g/mol. The summed E-state index contributed by atoms with van der Waals surface area (Å²) in [4.78, 5) is 22.6. The minimum Gasteiger partial charge on any atom is -0.353 e. The number of hydrogen-bond donors (Lipinski definition) is 2. The van der Waals surface area contributed by atoms with E-state index >= 15 is 0 Å². The van der Waals surface area contributed by atoms with Gasteiger partial charge in [-0.15, -0.1) is 0 Å². The van der Waals surface area contributed by atoms with Crippen LogP contribution in [0.2, 0.25) is 5.02 Å². The number of benzene rings is 1. The van der Waals surface area contributed by atoms with E-state index in [9.17, 15) is 4.79 Å². The van der Waals surface area contributed by atoms with Gasteiger partial charge in [-0.2, -0.15) is 0 Å². The SMILES string of the molecule is O=C(NC1CCCC1)C1CCN(c2nc3ccc(Cl)cc3[nH]2)CC1. The van der Waals surface area contributed by atoms with Gasteiger partial charge in [-0.3, -0.25) is 4.79 Å². The van der Waals surface area contributed by atoms with Gasteiger partial charge in [0.25, 0.3) is 0 Å². The van der Waals surface area contributed by atoms with Gasteiger partial charge in [-0.1, -0.05) is 24.4 Å². The van der Waals surface area contributed by atoms with Gasteiger partial charge in [0, 0.05) is 30.1 Å². The third-order valence-corrected chi connectivity index (χ3v) is 5.53. The minimum atomic E-state index is 0.140. The predicted octanol–water partition coefficient (Wildman–Crippen LogP) is 3.49. The standard InChI is InChI=1S/C18H23ClN4O/c19-13-5-6-15-16(11-13)22-18(21-15)23-9-7-12(8-10-23)17(24)20-14-3-1-2-4-14/h5-6,11-12,14H,1-4,7-10H2,(H,20,24)(H,21,22). The molecule has 0 radical (unpaired) electrons. The first kappa shape index (κ1) is 15.8. The highest BCUT2D eigenvalue weighted by Gasteiger charge is 2.28. The third-order valence-electron chi connectivity index (χ3n) is 5.30. The first-order valence-corrected chi connectivity index (χ1v) is 9.27. The molecule has 0 spiro atoms. The van der Waals surface area contributed by atoms with Gasteiger partial charge >= 0.3 is 0 Å². The number of nitrogens with one attached hydrogen (secondary N) is 2. The number of halogens is 1. The second kappa shape index (κ2) is 6.63. The topological polar surface area (TPSA) is 61.0 Å². The Hall–Kier alpha value is -1.75. The number of carbonyl (C=O) groups excluding carboxylic acids is 1. The molecule has 1 aliphatic heterocycles. The number of carbonyl (C=O) groups is 1. The maximum atomic E-state index is 12.4. The fraction of sp³-hybridized carbons (Fsp3) is 0.556. The summed E-state index contributed by atoms with van der Waals surface area (Å²) in [6, 6.07) is 6.10. The van der Waals surface area contributed by atoms with E-state index in [2.05, 4.69) is 20.2 Å². The lowest BCUT2D eigenvalue weighted by Gasteiger charge is -2.31. The Kier molecular flexibility index (Phi) is 4.35. The zero-order valence-corrected chi connectivity index (χ0v) is 14.5. The minimum absolute atomic E-state index is 0.140. The summed E-state index contributed by atoms with van der Waals surface area (Å²) in [7, 11) is 0. The molecule has 1 aliphatic carbocycles. The molecule has 0 atom stereocenters. The van der Waals surface area contributed by atoms with Crippen molar-refractivity contribution in [2.24, 2.45) is 5.92 Å². The van der Waals surface area contributed by atoms with E-state index in [0.717, 1.165) is 55.8 Å². The average Bonchev–Trinajstić information content (AvgIpc) is 3.24. The van der Waals surface area contributed by atoms with E-state index in [0.29, 0.717) is 11.1 Å². The van der Waals surface area contributed by atoms with Gasteiger partial charge in [-0.25, -0.2) is 4.98 Å². The van der Waals surface area contributed by atoms with Crippen molar-refractivity contribution in [1.82, 2.24) is 15.3 Å². The van der Waals surface area contributed by atoms with Crippen LogP contribution in [0.4, 0.5) is 5.95 Å². The van der Waals surface area contributed by atoms with Crippen molar-refractivity contribution in [2.75, 3.05) is 18.0 Å². The number of amides is 1. The molecule has 5 nitrogen and oxygen atoms in total. The molecule has 2 heterocycles. The second-order valence-electron chi connectivity index (χ2n) is 6.97.